The molecule has 0 unspecified atom stereocenters. The second-order valence-electron chi connectivity index (χ2n) is 4.92. The van der Waals surface area contributed by atoms with Crippen LogP contribution < -0.4 is 0 Å². The molecule has 0 amide bonds. The van der Waals surface area contributed by atoms with E-state index < -0.39 is 17.2 Å². The van der Waals surface area contributed by atoms with Crippen molar-refractivity contribution in [2.24, 2.45) is 0 Å². The van der Waals surface area contributed by atoms with Crippen molar-refractivity contribution in [1.29, 1.82) is 0 Å². The fraction of sp³-hybridized carbons (Fsp3) is 0.214. The lowest BCUT2D eigenvalue weighted by atomic mass is 9.92. The number of aromatic nitrogens is 6. The largest absolute Gasteiger partial charge is 0.357 e. The SMILES string of the molecule is [CH]OC(Cn1cncn1)(Cn1cncn1)c1ccc(F)cc1F. The maximum absolute atomic E-state index is 14.3. The molecule has 2 radical (unpaired) electrons. The Bertz CT molecular complexity index is 723. The zero-order valence-electron chi connectivity index (χ0n) is 11.9. The van der Waals surface area contributed by atoms with Crippen molar-refractivity contribution in [3.05, 3.63) is 67.8 Å². The molecule has 0 aliphatic heterocycles. The maximum atomic E-state index is 14.3. The van der Waals surface area contributed by atoms with E-state index in [4.69, 9.17) is 11.8 Å². The number of hydrogen-bond donors (Lipinski definition) is 0. The van der Waals surface area contributed by atoms with E-state index in [1.54, 1.807) is 0 Å². The molecule has 7 nitrogen and oxygen atoms in total. The van der Waals surface area contributed by atoms with Crippen LogP contribution >= 0.6 is 0 Å². The Hall–Kier alpha value is -2.68. The van der Waals surface area contributed by atoms with Gasteiger partial charge in [0.1, 0.15) is 49.7 Å². The minimum Gasteiger partial charge on any atom is -0.357 e. The minimum absolute atomic E-state index is 0.0475. The summed E-state index contributed by atoms with van der Waals surface area (Å²) in [5.41, 5.74) is -1.30. The van der Waals surface area contributed by atoms with Crippen LogP contribution in [0.3, 0.4) is 0 Å². The van der Waals surface area contributed by atoms with Crippen LogP contribution in [0.2, 0.25) is 0 Å². The van der Waals surface area contributed by atoms with Crippen LogP contribution in [0, 0.1) is 18.7 Å². The number of halogens is 2. The van der Waals surface area contributed by atoms with Crippen molar-refractivity contribution in [2.75, 3.05) is 0 Å². The lowest BCUT2D eigenvalue weighted by Gasteiger charge is -2.32. The molecule has 23 heavy (non-hydrogen) atoms. The van der Waals surface area contributed by atoms with Crippen LogP contribution in [-0.4, -0.2) is 29.5 Å². The number of nitrogens with zero attached hydrogens (tertiary/aromatic N) is 6. The molecule has 0 saturated carbocycles. The average molecular weight is 318 g/mol. The minimum atomic E-state index is -1.38. The standard InChI is InChI=1S/C14H12F2N6O/c1-23-14(5-21-9-17-7-19-21,6-22-10-18-8-20-22)12-3-2-11(15)4-13(12)16/h1-4,7-10H,5-6H2. The van der Waals surface area contributed by atoms with Gasteiger partial charge in [-0.25, -0.2) is 28.1 Å². The van der Waals surface area contributed by atoms with E-state index in [1.165, 1.54) is 40.7 Å². The van der Waals surface area contributed by atoms with Crippen molar-refractivity contribution < 1.29 is 13.5 Å². The third-order valence-electron chi connectivity index (χ3n) is 3.42. The van der Waals surface area contributed by atoms with Crippen molar-refractivity contribution in [1.82, 2.24) is 29.5 Å². The topological polar surface area (TPSA) is 70.7 Å². The molecule has 0 aliphatic rings. The van der Waals surface area contributed by atoms with Crippen molar-refractivity contribution in [2.45, 2.75) is 18.7 Å². The third kappa shape index (κ3) is 3.09. The summed E-state index contributed by atoms with van der Waals surface area (Å²) in [5, 5.41) is 7.96. The highest BCUT2D eigenvalue weighted by molar-refractivity contribution is 5.25. The van der Waals surface area contributed by atoms with E-state index in [1.807, 2.05) is 0 Å². The molecule has 3 aromatic rings. The lowest BCUT2D eigenvalue weighted by Crippen LogP contribution is -2.39. The number of ether oxygens (including phenoxy) is 1. The van der Waals surface area contributed by atoms with Gasteiger partial charge in [-0.05, 0) is 6.07 Å². The summed E-state index contributed by atoms with van der Waals surface area (Å²) in [6.45, 7) is 0.0951. The lowest BCUT2D eigenvalue weighted by molar-refractivity contribution is -0.0279. The molecule has 0 atom stereocenters. The predicted octanol–water partition coefficient (Wildman–Crippen LogP) is 1.43. The van der Waals surface area contributed by atoms with E-state index in [9.17, 15) is 8.78 Å². The van der Waals surface area contributed by atoms with Crippen molar-refractivity contribution in [3.63, 3.8) is 0 Å². The third-order valence-corrected chi connectivity index (χ3v) is 3.42. The normalized spacial score (nSPS) is 11.8. The van der Waals surface area contributed by atoms with Crippen LogP contribution in [0.1, 0.15) is 5.56 Å². The van der Waals surface area contributed by atoms with E-state index in [2.05, 4.69) is 20.2 Å². The summed E-state index contributed by atoms with van der Waals surface area (Å²) in [6.07, 6.45) is 5.54. The first-order valence-corrected chi connectivity index (χ1v) is 6.61. The first kappa shape index (κ1) is 15.2. The molecule has 0 spiro atoms. The number of benzene rings is 1. The first-order chi connectivity index (χ1) is 11.1. The Morgan fingerprint density at radius 1 is 1.04 bits per heavy atom. The van der Waals surface area contributed by atoms with E-state index in [0.717, 1.165) is 12.1 Å². The zero-order valence-corrected chi connectivity index (χ0v) is 11.9. The van der Waals surface area contributed by atoms with Gasteiger partial charge in [-0.1, -0.05) is 6.07 Å². The fourth-order valence-corrected chi connectivity index (χ4v) is 2.37. The Morgan fingerprint density at radius 2 is 1.65 bits per heavy atom. The summed E-state index contributed by atoms with van der Waals surface area (Å²) in [6, 6.07) is 3.19. The highest BCUT2D eigenvalue weighted by Crippen LogP contribution is 2.32. The molecule has 0 N–H and O–H groups in total. The number of hydrogen-bond acceptors (Lipinski definition) is 5. The molecular weight excluding hydrogens is 306 g/mol. The zero-order chi connectivity index (χ0) is 16.3. The molecule has 2 heterocycles. The van der Waals surface area contributed by atoms with E-state index in [-0.39, 0.29) is 18.7 Å². The van der Waals surface area contributed by atoms with Crippen LogP contribution in [-0.2, 0) is 23.4 Å². The van der Waals surface area contributed by atoms with Crippen molar-refractivity contribution >= 4 is 0 Å². The monoisotopic (exact) mass is 318 g/mol. The average Bonchev–Trinajstić information content (AvgIpc) is 3.20. The van der Waals surface area contributed by atoms with Gasteiger partial charge in [0, 0.05) is 11.6 Å². The van der Waals surface area contributed by atoms with Gasteiger partial charge in [0.25, 0.3) is 0 Å². The molecule has 0 saturated heterocycles. The van der Waals surface area contributed by atoms with Crippen LogP contribution in [0.5, 0.6) is 0 Å². The molecule has 0 bridgehead atoms. The number of rotatable bonds is 6. The summed E-state index contributed by atoms with van der Waals surface area (Å²) < 4.78 is 35.6. The summed E-state index contributed by atoms with van der Waals surface area (Å²) in [4.78, 5) is 7.67. The van der Waals surface area contributed by atoms with Gasteiger partial charge in [-0.15, -0.1) is 0 Å². The molecule has 2 aromatic heterocycles. The molecule has 3 rings (SSSR count). The van der Waals surface area contributed by atoms with Crippen LogP contribution in [0.15, 0.2) is 43.5 Å². The predicted molar refractivity (Wildman–Crippen MR) is 73.5 cm³/mol. The Labute approximate surface area is 130 Å². The highest BCUT2D eigenvalue weighted by atomic mass is 19.1. The molecule has 0 aliphatic carbocycles. The van der Waals surface area contributed by atoms with Crippen molar-refractivity contribution in [3.8, 4) is 0 Å². The molecule has 118 valence electrons. The summed E-state index contributed by atoms with van der Waals surface area (Å²) in [7, 11) is 5.50. The van der Waals surface area contributed by atoms with Gasteiger partial charge in [-0.2, -0.15) is 10.2 Å². The second-order valence-corrected chi connectivity index (χ2v) is 4.92. The molecule has 9 heteroatoms. The molecule has 1 aromatic carbocycles. The quantitative estimate of drug-likeness (QED) is 0.687. The van der Waals surface area contributed by atoms with Gasteiger partial charge >= 0.3 is 0 Å². The summed E-state index contributed by atoms with van der Waals surface area (Å²) in [5.74, 6) is -1.48. The Kier molecular flexibility index (Phi) is 4.11. The fourth-order valence-electron chi connectivity index (χ4n) is 2.37. The highest BCUT2D eigenvalue weighted by Gasteiger charge is 2.37. The summed E-state index contributed by atoms with van der Waals surface area (Å²) >= 11 is 0. The molecular formula is C14H12F2N6O. The first-order valence-electron chi connectivity index (χ1n) is 6.61. The molecule has 0 fully saturated rings. The van der Waals surface area contributed by atoms with Gasteiger partial charge in [-0.3, -0.25) is 0 Å². The second kappa shape index (κ2) is 6.21. The van der Waals surface area contributed by atoms with Gasteiger partial charge in [0.15, 0.2) is 0 Å². The Morgan fingerprint density at radius 3 is 2.09 bits per heavy atom. The smallest absolute Gasteiger partial charge is 0.137 e. The van der Waals surface area contributed by atoms with Crippen LogP contribution in [0.25, 0.3) is 0 Å². The van der Waals surface area contributed by atoms with E-state index in [0.29, 0.717) is 0 Å². The maximum Gasteiger partial charge on any atom is 0.137 e. The van der Waals surface area contributed by atoms with Gasteiger partial charge in [0.05, 0.1) is 13.1 Å². The van der Waals surface area contributed by atoms with Crippen LogP contribution in [0.4, 0.5) is 8.78 Å². The van der Waals surface area contributed by atoms with Gasteiger partial charge in [0.2, 0.25) is 0 Å². The van der Waals surface area contributed by atoms with Gasteiger partial charge < -0.3 is 4.74 Å². The Balaban J connectivity index is 2.06. The van der Waals surface area contributed by atoms with E-state index >= 15 is 0 Å².